The van der Waals surface area contributed by atoms with Gasteiger partial charge in [0.05, 0.1) is 0 Å². The van der Waals surface area contributed by atoms with Crippen molar-refractivity contribution in [3.63, 3.8) is 0 Å². The van der Waals surface area contributed by atoms with Gasteiger partial charge in [0.25, 0.3) is 0 Å². The third kappa shape index (κ3) is 3.49. The van der Waals surface area contributed by atoms with Crippen molar-refractivity contribution in [1.82, 2.24) is 19.8 Å². The molecule has 0 radical (unpaired) electrons. The fourth-order valence-corrected chi connectivity index (χ4v) is 4.49. The zero-order valence-electron chi connectivity index (χ0n) is 15.3. The molecule has 7 heteroatoms. The van der Waals surface area contributed by atoms with E-state index in [4.69, 9.17) is 4.74 Å². The molecule has 2 aromatic heterocycles. The van der Waals surface area contributed by atoms with Gasteiger partial charge in [0.1, 0.15) is 23.2 Å². The van der Waals surface area contributed by atoms with Crippen LogP contribution in [0.4, 0.5) is 4.39 Å². The number of hydrogen-bond donors (Lipinski definition) is 0. The quantitative estimate of drug-likeness (QED) is 0.504. The van der Waals surface area contributed by atoms with Gasteiger partial charge < -0.3 is 4.74 Å². The summed E-state index contributed by atoms with van der Waals surface area (Å²) < 4.78 is 20.4. The molecular formula is C21H19FN4OS. The molecule has 1 aliphatic carbocycles. The number of aryl methyl sites for hydroxylation is 2. The first-order valence-electron chi connectivity index (χ1n) is 9.44. The van der Waals surface area contributed by atoms with Crippen LogP contribution in [0.2, 0.25) is 0 Å². The van der Waals surface area contributed by atoms with Gasteiger partial charge in [0.15, 0.2) is 5.82 Å². The second-order valence-electron chi connectivity index (χ2n) is 7.04. The van der Waals surface area contributed by atoms with E-state index in [1.807, 2.05) is 0 Å². The van der Waals surface area contributed by atoms with E-state index in [1.54, 1.807) is 28.0 Å². The second-order valence-corrected chi connectivity index (χ2v) is 8.08. The Labute approximate surface area is 165 Å². The highest BCUT2D eigenvalue weighted by Gasteiger charge is 2.14. The van der Waals surface area contributed by atoms with Gasteiger partial charge in [-0.15, -0.1) is 10.2 Å². The van der Waals surface area contributed by atoms with Gasteiger partial charge in [0.2, 0.25) is 4.96 Å². The summed E-state index contributed by atoms with van der Waals surface area (Å²) in [6.07, 6.45) is 5.75. The normalized spacial score (nSPS) is 13.6. The Morgan fingerprint density at radius 1 is 1.00 bits per heavy atom. The van der Waals surface area contributed by atoms with Crippen LogP contribution in [0.5, 0.6) is 5.75 Å². The molecule has 0 atom stereocenters. The molecule has 2 aromatic carbocycles. The van der Waals surface area contributed by atoms with Crippen molar-refractivity contribution in [3.8, 4) is 5.75 Å². The Hall–Kier alpha value is -2.80. The van der Waals surface area contributed by atoms with E-state index in [0.717, 1.165) is 16.4 Å². The average Bonchev–Trinajstić information content (AvgIpc) is 3.28. The van der Waals surface area contributed by atoms with Gasteiger partial charge in [-0.25, -0.2) is 4.39 Å². The molecule has 0 saturated carbocycles. The summed E-state index contributed by atoms with van der Waals surface area (Å²) in [7, 11) is 0. The molecule has 0 aliphatic heterocycles. The number of ether oxygens (including phenoxy) is 1. The van der Waals surface area contributed by atoms with Crippen LogP contribution in [0, 0.1) is 5.82 Å². The van der Waals surface area contributed by atoms with Gasteiger partial charge in [0, 0.05) is 6.42 Å². The molecule has 0 bridgehead atoms. The van der Waals surface area contributed by atoms with Crippen LogP contribution in [0.25, 0.3) is 4.96 Å². The molecule has 0 unspecified atom stereocenters. The summed E-state index contributed by atoms with van der Waals surface area (Å²) in [6, 6.07) is 12.7. The standard InChI is InChI=1S/C21H19FN4OS/c22-17-7-9-18(10-8-17)27-13-19-23-24-21-26(19)25-20(28-21)12-14-5-6-15-3-1-2-4-16(15)11-14/h5-11H,1-4,12-13H2. The first-order chi connectivity index (χ1) is 13.7. The van der Waals surface area contributed by atoms with Crippen molar-refractivity contribution >= 4 is 16.3 Å². The smallest absolute Gasteiger partial charge is 0.234 e. The lowest BCUT2D eigenvalue weighted by Gasteiger charge is -2.16. The Bertz CT molecular complexity index is 1120. The minimum absolute atomic E-state index is 0.231. The monoisotopic (exact) mass is 394 g/mol. The average molecular weight is 394 g/mol. The number of benzene rings is 2. The topological polar surface area (TPSA) is 52.3 Å². The molecule has 4 aromatic rings. The molecular weight excluding hydrogens is 375 g/mol. The third-order valence-electron chi connectivity index (χ3n) is 5.05. The Morgan fingerprint density at radius 3 is 2.68 bits per heavy atom. The van der Waals surface area contributed by atoms with E-state index in [-0.39, 0.29) is 12.4 Å². The summed E-state index contributed by atoms with van der Waals surface area (Å²) in [5, 5.41) is 14.0. The van der Waals surface area contributed by atoms with Gasteiger partial charge in [-0.1, -0.05) is 29.5 Å². The lowest BCUT2D eigenvalue weighted by Crippen LogP contribution is -2.04. The van der Waals surface area contributed by atoms with Crippen molar-refractivity contribution < 1.29 is 9.13 Å². The van der Waals surface area contributed by atoms with Gasteiger partial charge in [-0.3, -0.25) is 0 Å². The molecule has 0 N–H and O–H groups in total. The number of nitrogens with zero attached hydrogens (tertiary/aromatic N) is 4. The number of aromatic nitrogens is 4. The van der Waals surface area contributed by atoms with Crippen molar-refractivity contribution in [1.29, 1.82) is 0 Å². The first-order valence-corrected chi connectivity index (χ1v) is 10.3. The molecule has 5 rings (SSSR count). The Morgan fingerprint density at radius 2 is 1.82 bits per heavy atom. The predicted molar refractivity (Wildman–Crippen MR) is 105 cm³/mol. The highest BCUT2D eigenvalue weighted by molar-refractivity contribution is 7.16. The van der Waals surface area contributed by atoms with E-state index in [1.165, 1.54) is 54.5 Å². The van der Waals surface area contributed by atoms with Crippen molar-refractivity contribution in [2.45, 2.75) is 38.7 Å². The maximum absolute atomic E-state index is 13.0. The molecule has 28 heavy (non-hydrogen) atoms. The maximum atomic E-state index is 13.0. The van der Waals surface area contributed by atoms with E-state index in [0.29, 0.717) is 11.6 Å². The molecule has 5 nitrogen and oxygen atoms in total. The lowest BCUT2D eigenvalue weighted by atomic mass is 9.90. The lowest BCUT2D eigenvalue weighted by molar-refractivity contribution is 0.292. The largest absolute Gasteiger partial charge is 0.486 e. The number of fused-ring (bicyclic) bond motifs is 2. The zero-order valence-corrected chi connectivity index (χ0v) is 16.1. The zero-order chi connectivity index (χ0) is 18.9. The summed E-state index contributed by atoms with van der Waals surface area (Å²) >= 11 is 1.55. The van der Waals surface area contributed by atoms with Crippen LogP contribution in [0.15, 0.2) is 42.5 Å². The summed E-state index contributed by atoms with van der Waals surface area (Å²) in [4.78, 5) is 0.755. The first kappa shape index (κ1) is 17.3. The highest BCUT2D eigenvalue weighted by Crippen LogP contribution is 2.24. The van der Waals surface area contributed by atoms with Gasteiger partial charge in [-0.2, -0.15) is 9.61 Å². The van der Waals surface area contributed by atoms with Crippen LogP contribution < -0.4 is 4.74 Å². The molecule has 0 fully saturated rings. The molecule has 0 spiro atoms. The molecule has 2 heterocycles. The predicted octanol–water partition coefficient (Wildman–Crippen LogP) is 4.37. The van der Waals surface area contributed by atoms with Crippen LogP contribution >= 0.6 is 11.3 Å². The summed E-state index contributed by atoms with van der Waals surface area (Å²) in [6.45, 7) is 0.231. The van der Waals surface area contributed by atoms with E-state index in [2.05, 4.69) is 33.5 Å². The van der Waals surface area contributed by atoms with Crippen LogP contribution in [-0.2, 0) is 25.9 Å². The van der Waals surface area contributed by atoms with Crippen LogP contribution in [-0.4, -0.2) is 19.8 Å². The van der Waals surface area contributed by atoms with Crippen LogP contribution in [0.3, 0.4) is 0 Å². The molecule has 0 amide bonds. The minimum atomic E-state index is -0.288. The SMILES string of the molecule is Fc1ccc(OCc2nnc3sc(Cc4ccc5c(c4)CCCC5)nn23)cc1. The minimum Gasteiger partial charge on any atom is -0.486 e. The fraction of sp³-hybridized carbons (Fsp3) is 0.286. The third-order valence-corrected chi connectivity index (χ3v) is 5.95. The second kappa shape index (κ2) is 7.31. The van der Waals surface area contributed by atoms with Gasteiger partial charge >= 0.3 is 0 Å². The number of halogens is 1. The molecule has 0 saturated heterocycles. The van der Waals surface area contributed by atoms with E-state index in [9.17, 15) is 4.39 Å². The fourth-order valence-electron chi connectivity index (χ4n) is 3.61. The highest BCUT2D eigenvalue weighted by atomic mass is 32.1. The van der Waals surface area contributed by atoms with Crippen LogP contribution in [0.1, 0.15) is 40.4 Å². The van der Waals surface area contributed by atoms with Crippen molar-refractivity contribution in [2.75, 3.05) is 0 Å². The molecule has 1 aliphatic rings. The van der Waals surface area contributed by atoms with Crippen molar-refractivity contribution in [2.24, 2.45) is 0 Å². The summed E-state index contributed by atoms with van der Waals surface area (Å²) in [5.74, 6) is 0.929. The van der Waals surface area contributed by atoms with E-state index < -0.39 is 0 Å². The number of rotatable bonds is 5. The number of hydrogen-bond acceptors (Lipinski definition) is 5. The summed E-state index contributed by atoms with van der Waals surface area (Å²) in [5.41, 5.74) is 4.27. The Kier molecular flexibility index (Phi) is 4.52. The maximum Gasteiger partial charge on any atom is 0.234 e. The molecule has 142 valence electrons. The van der Waals surface area contributed by atoms with Crippen molar-refractivity contribution in [3.05, 3.63) is 75.8 Å². The van der Waals surface area contributed by atoms with E-state index >= 15 is 0 Å². The Balaban J connectivity index is 1.32. The van der Waals surface area contributed by atoms with Gasteiger partial charge in [-0.05, 0) is 66.6 Å².